The summed E-state index contributed by atoms with van der Waals surface area (Å²) in [5, 5.41) is 2.73. The third-order valence-corrected chi connectivity index (χ3v) is 2.78. The van der Waals surface area contributed by atoms with Gasteiger partial charge in [0.1, 0.15) is 6.61 Å². The number of hydrogen-bond donors (Lipinski definition) is 2. The summed E-state index contributed by atoms with van der Waals surface area (Å²) >= 11 is 0. The highest BCUT2D eigenvalue weighted by atomic mass is 32.2. The van der Waals surface area contributed by atoms with Crippen LogP contribution in [0.25, 0.3) is 0 Å². The predicted octanol–water partition coefficient (Wildman–Crippen LogP) is 0.321. The molecule has 0 spiro atoms. The lowest BCUT2D eigenvalue weighted by atomic mass is 10.2. The third-order valence-electron chi connectivity index (χ3n) is 2.06. The van der Waals surface area contributed by atoms with Gasteiger partial charge in [0.05, 0.1) is 11.3 Å². The molecule has 1 rings (SSSR count). The third kappa shape index (κ3) is 6.33. The molecule has 0 radical (unpaired) electrons. The van der Waals surface area contributed by atoms with Gasteiger partial charge >= 0.3 is 5.97 Å². The highest BCUT2D eigenvalue weighted by Crippen LogP contribution is 2.00. The van der Waals surface area contributed by atoms with Crippen molar-refractivity contribution in [2.45, 2.75) is 0 Å². The first-order valence-electron chi connectivity index (χ1n) is 5.37. The lowest BCUT2D eigenvalue weighted by Gasteiger charge is -2.05. The number of esters is 1. The zero-order valence-electron chi connectivity index (χ0n) is 9.70. The first kappa shape index (κ1) is 14.6. The molecule has 0 saturated carbocycles. The molecule has 100 valence electrons. The average Bonchev–Trinajstić information content (AvgIpc) is 2.33. The topological polar surface area (TPSA) is 92.7 Å². The minimum absolute atomic E-state index is 0.113. The molecule has 0 bridgehead atoms. The highest BCUT2D eigenvalue weighted by molar-refractivity contribution is 7.85. The van der Waals surface area contributed by atoms with E-state index in [4.69, 9.17) is 9.29 Å². The minimum atomic E-state index is -3.94. The molecule has 0 aliphatic heterocycles. The standard InChI is InChI=1S/C11H15NO5S/c13-11(10-4-2-1-3-5-10)17-8-6-12-7-9-18(14,15)16/h1-5,12H,6-9H2,(H,14,15,16). The number of ether oxygens (including phenoxy) is 1. The van der Waals surface area contributed by atoms with Crippen LogP contribution >= 0.6 is 0 Å². The second-order valence-corrected chi connectivity index (χ2v) is 5.11. The molecule has 1 aromatic rings. The molecule has 1 aromatic carbocycles. The molecule has 0 fully saturated rings. The molecule has 0 aliphatic carbocycles. The lowest BCUT2D eigenvalue weighted by Crippen LogP contribution is -2.26. The van der Waals surface area contributed by atoms with Crippen LogP contribution in [0.1, 0.15) is 10.4 Å². The fourth-order valence-electron chi connectivity index (χ4n) is 1.20. The van der Waals surface area contributed by atoms with Crippen LogP contribution in [0.5, 0.6) is 0 Å². The summed E-state index contributed by atoms with van der Waals surface area (Å²) in [5.74, 6) is -0.785. The first-order chi connectivity index (χ1) is 8.49. The monoisotopic (exact) mass is 273 g/mol. The van der Waals surface area contributed by atoms with Gasteiger partial charge in [-0.15, -0.1) is 0 Å². The fourth-order valence-corrected chi connectivity index (χ4v) is 1.60. The van der Waals surface area contributed by atoms with Crippen LogP contribution in [0.4, 0.5) is 0 Å². The largest absolute Gasteiger partial charge is 0.461 e. The van der Waals surface area contributed by atoms with E-state index < -0.39 is 16.1 Å². The van der Waals surface area contributed by atoms with E-state index in [2.05, 4.69) is 5.32 Å². The Morgan fingerprint density at radius 3 is 2.50 bits per heavy atom. The van der Waals surface area contributed by atoms with Crippen LogP contribution in [0, 0.1) is 0 Å². The maximum atomic E-state index is 11.5. The maximum Gasteiger partial charge on any atom is 0.338 e. The van der Waals surface area contributed by atoms with Crippen molar-refractivity contribution in [2.24, 2.45) is 0 Å². The van der Waals surface area contributed by atoms with Gasteiger partial charge in [-0.3, -0.25) is 4.55 Å². The number of carbonyl (C=O) groups is 1. The van der Waals surface area contributed by atoms with Gasteiger partial charge in [0.15, 0.2) is 0 Å². The van der Waals surface area contributed by atoms with E-state index in [9.17, 15) is 13.2 Å². The number of benzene rings is 1. The predicted molar refractivity (Wildman–Crippen MR) is 66.0 cm³/mol. The fraction of sp³-hybridized carbons (Fsp3) is 0.364. The molecule has 2 N–H and O–H groups in total. The molecule has 0 aliphatic rings. The van der Waals surface area contributed by atoms with E-state index in [1.54, 1.807) is 30.3 Å². The average molecular weight is 273 g/mol. The van der Waals surface area contributed by atoms with Crippen molar-refractivity contribution in [3.8, 4) is 0 Å². The van der Waals surface area contributed by atoms with Crippen molar-refractivity contribution in [3.05, 3.63) is 35.9 Å². The zero-order valence-corrected chi connectivity index (χ0v) is 10.5. The summed E-state index contributed by atoms with van der Waals surface area (Å²) in [6, 6.07) is 8.57. The van der Waals surface area contributed by atoms with E-state index in [-0.39, 0.29) is 18.9 Å². The summed E-state index contributed by atoms with van der Waals surface area (Å²) in [6.45, 7) is 0.578. The summed E-state index contributed by atoms with van der Waals surface area (Å²) < 4.78 is 34.2. The quantitative estimate of drug-likeness (QED) is 0.422. The second-order valence-electron chi connectivity index (χ2n) is 3.54. The maximum absolute atomic E-state index is 11.5. The van der Waals surface area contributed by atoms with E-state index in [1.165, 1.54) is 0 Å². The van der Waals surface area contributed by atoms with E-state index in [0.717, 1.165) is 0 Å². The van der Waals surface area contributed by atoms with Crippen molar-refractivity contribution < 1.29 is 22.5 Å². The van der Waals surface area contributed by atoms with Crippen LogP contribution < -0.4 is 5.32 Å². The highest BCUT2D eigenvalue weighted by Gasteiger charge is 2.05. The summed E-state index contributed by atoms with van der Waals surface area (Å²) in [7, 11) is -3.94. The van der Waals surface area contributed by atoms with Gasteiger partial charge < -0.3 is 10.1 Å². The van der Waals surface area contributed by atoms with Crippen LogP contribution in [0.3, 0.4) is 0 Å². The second kappa shape index (κ2) is 7.10. The van der Waals surface area contributed by atoms with Crippen LogP contribution in [0.2, 0.25) is 0 Å². The van der Waals surface area contributed by atoms with Gasteiger partial charge in [-0.1, -0.05) is 18.2 Å². The molecular formula is C11H15NO5S. The molecule has 0 heterocycles. The smallest absolute Gasteiger partial charge is 0.338 e. The molecule has 0 saturated heterocycles. The van der Waals surface area contributed by atoms with Crippen LogP contribution in [-0.4, -0.2) is 44.4 Å². The number of carbonyl (C=O) groups excluding carboxylic acids is 1. The number of hydrogen-bond acceptors (Lipinski definition) is 5. The Hall–Kier alpha value is -1.44. The molecule has 0 aromatic heterocycles. The minimum Gasteiger partial charge on any atom is -0.461 e. The van der Waals surface area contributed by atoms with E-state index in [0.29, 0.717) is 12.1 Å². The van der Waals surface area contributed by atoms with Gasteiger partial charge in [-0.25, -0.2) is 4.79 Å². The molecule has 0 unspecified atom stereocenters. The van der Waals surface area contributed by atoms with Crippen molar-refractivity contribution in [2.75, 3.05) is 25.4 Å². The zero-order chi connectivity index (χ0) is 13.4. The normalized spacial score (nSPS) is 11.2. The van der Waals surface area contributed by atoms with E-state index >= 15 is 0 Å². The van der Waals surface area contributed by atoms with Crippen molar-refractivity contribution >= 4 is 16.1 Å². The number of nitrogens with one attached hydrogen (secondary N) is 1. The molecule has 0 atom stereocenters. The van der Waals surface area contributed by atoms with Gasteiger partial charge in [0.25, 0.3) is 10.1 Å². The SMILES string of the molecule is O=C(OCCNCCS(=O)(=O)O)c1ccccc1. The van der Waals surface area contributed by atoms with E-state index in [1.807, 2.05) is 0 Å². The van der Waals surface area contributed by atoms with Gasteiger partial charge in [-0.2, -0.15) is 8.42 Å². The lowest BCUT2D eigenvalue weighted by molar-refractivity contribution is 0.0509. The molecule has 18 heavy (non-hydrogen) atoms. The summed E-state index contributed by atoms with van der Waals surface area (Å²) in [6.07, 6.45) is 0. The first-order valence-corrected chi connectivity index (χ1v) is 6.98. The Morgan fingerprint density at radius 2 is 1.89 bits per heavy atom. The van der Waals surface area contributed by atoms with Crippen molar-refractivity contribution in [1.29, 1.82) is 0 Å². The van der Waals surface area contributed by atoms with Crippen molar-refractivity contribution in [3.63, 3.8) is 0 Å². The Balaban J connectivity index is 2.14. The number of rotatable bonds is 7. The molecule has 0 amide bonds. The Morgan fingerprint density at radius 1 is 1.22 bits per heavy atom. The van der Waals surface area contributed by atoms with Crippen LogP contribution in [0.15, 0.2) is 30.3 Å². The Labute approximate surface area is 106 Å². The van der Waals surface area contributed by atoms with Gasteiger partial charge in [0.2, 0.25) is 0 Å². The van der Waals surface area contributed by atoms with Gasteiger partial charge in [0, 0.05) is 13.1 Å². The van der Waals surface area contributed by atoms with Crippen molar-refractivity contribution in [1.82, 2.24) is 5.32 Å². The Bertz CT molecular complexity index is 471. The summed E-state index contributed by atoms with van der Waals surface area (Å²) in [5.41, 5.74) is 0.468. The van der Waals surface area contributed by atoms with Crippen LogP contribution in [-0.2, 0) is 14.9 Å². The van der Waals surface area contributed by atoms with Gasteiger partial charge in [-0.05, 0) is 12.1 Å². The molecular weight excluding hydrogens is 258 g/mol. The Kier molecular flexibility index (Phi) is 5.76. The molecule has 6 nitrogen and oxygen atoms in total. The summed E-state index contributed by atoms with van der Waals surface area (Å²) in [4.78, 5) is 11.5. The molecule has 7 heteroatoms.